The Morgan fingerprint density at radius 3 is 2.80 bits per heavy atom. The lowest BCUT2D eigenvalue weighted by atomic mass is 9.96. The van der Waals surface area contributed by atoms with Crippen molar-refractivity contribution in [1.82, 2.24) is 15.0 Å². The molecule has 0 amide bonds. The summed E-state index contributed by atoms with van der Waals surface area (Å²) in [5.41, 5.74) is 6.54. The molecular formula is C27H25N5O3. The molecule has 0 bridgehead atoms. The Kier molecular flexibility index (Phi) is 5.64. The van der Waals surface area contributed by atoms with Gasteiger partial charge < -0.3 is 24.7 Å². The van der Waals surface area contributed by atoms with Gasteiger partial charge in [-0.15, -0.1) is 0 Å². The van der Waals surface area contributed by atoms with Crippen molar-refractivity contribution in [2.24, 2.45) is 0 Å². The van der Waals surface area contributed by atoms with Gasteiger partial charge in [-0.3, -0.25) is 4.79 Å². The first-order valence-electron chi connectivity index (χ1n) is 11.7. The highest BCUT2D eigenvalue weighted by Gasteiger charge is 2.22. The maximum Gasteiger partial charge on any atom is 0.250 e. The monoisotopic (exact) mass is 467 g/mol. The Morgan fingerprint density at radius 1 is 1.03 bits per heavy atom. The summed E-state index contributed by atoms with van der Waals surface area (Å²) in [5, 5.41) is 3.42. The first kappa shape index (κ1) is 21.4. The van der Waals surface area contributed by atoms with Crippen molar-refractivity contribution in [3.63, 3.8) is 0 Å². The second kappa shape index (κ2) is 9.23. The van der Waals surface area contributed by atoms with E-state index in [9.17, 15) is 4.79 Å². The van der Waals surface area contributed by atoms with Gasteiger partial charge in [-0.2, -0.15) is 0 Å². The lowest BCUT2D eigenvalue weighted by Crippen LogP contribution is -2.36. The molecule has 2 aliphatic heterocycles. The number of para-hydroxylation sites is 1. The number of pyridine rings is 1. The van der Waals surface area contributed by atoms with E-state index < -0.39 is 0 Å². The number of aromatic amines is 1. The van der Waals surface area contributed by atoms with Crippen LogP contribution >= 0.6 is 0 Å². The third-order valence-corrected chi connectivity index (χ3v) is 6.36. The van der Waals surface area contributed by atoms with Crippen molar-refractivity contribution in [2.75, 3.05) is 36.5 Å². The highest BCUT2D eigenvalue weighted by Crippen LogP contribution is 2.43. The predicted octanol–water partition coefficient (Wildman–Crippen LogP) is 3.98. The average Bonchev–Trinajstić information content (AvgIpc) is 2.91. The number of nitrogens with zero attached hydrogens (tertiary/aromatic N) is 3. The van der Waals surface area contributed by atoms with Crippen LogP contribution in [-0.2, 0) is 17.7 Å². The molecule has 4 aromatic rings. The first-order chi connectivity index (χ1) is 17.2. The van der Waals surface area contributed by atoms with Crippen molar-refractivity contribution >= 4 is 11.4 Å². The van der Waals surface area contributed by atoms with E-state index in [-0.39, 0.29) is 5.56 Å². The maximum atomic E-state index is 12.5. The van der Waals surface area contributed by atoms with Gasteiger partial charge in [-0.05, 0) is 42.0 Å². The number of morpholine rings is 1. The minimum Gasteiger partial charge on any atom is -0.456 e. The lowest BCUT2D eigenvalue weighted by molar-refractivity contribution is 0.122. The van der Waals surface area contributed by atoms with Crippen LogP contribution in [0.15, 0.2) is 71.9 Å². The van der Waals surface area contributed by atoms with Crippen molar-refractivity contribution in [1.29, 1.82) is 0 Å². The number of fused-ring (bicyclic) bond motifs is 2. The van der Waals surface area contributed by atoms with Crippen molar-refractivity contribution in [3.8, 4) is 22.8 Å². The zero-order valence-electron chi connectivity index (χ0n) is 19.2. The van der Waals surface area contributed by atoms with Crippen molar-refractivity contribution in [2.45, 2.75) is 13.0 Å². The predicted molar refractivity (Wildman–Crippen MR) is 134 cm³/mol. The summed E-state index contributed by atoms with van der Waals surface area (Å²) in [6.07, 6.45) is 4.04. The number of nitrogens with one attached hydrogen (secondary N) is 2. The standard InChI is InChI=1S/C27H25N5O3/c33-26-15-22(32-8-10-34-11-9-32)14-24(31-26)23-3-1-2-18-12-19-13-20(4-5-25(19)35-27(18)23)29-16-21-6-7-28-17-30-21/h1-7,13-15,17,29H,8-12,16H2,(H,31,33). The van der Waals surface area contributed by atoms with Gasteiger partial charge in [0.25, 0.3) is 0 Å². The third kappa shape index (κ3) is 4.48. The van der Waals surface area contributed by atoms with Gasteiger partial charge in [-0.25, -0.2) is 9.97 Å². The molecule has 0 aliphatic carbocycles. The molecule has 0 spiro atoms. The molecule has 0 saturated carbocycles. The van der Waals surface area contributed by atoms with Crippen LogP contribution in [0.25, 0.3) is 11.3 Å². The second-order valence-electron chi connectivity index (χ2n) is 8.67. The highest BCUT2D eigenvalue weighted by molar-refractivity contribution is 5.74. The fraction of sp³-hybridized carbons (Fsp3) is 0.222. The van der Waals surface area contributed by atoms with E-state index in [1.807, 2.05) is 36.4 Å². The lowest BCUT2D eigenvalue weighted by Gasteiger charge is -2.29. The smallest absolute Gasteiger partial charge is 0.250 e. The van der Waals surface area contributed by atoms with E-state index in [1.165, 1.54) is 0 Å². The zero-order valence-corrected chi connectivity index (χ0v) is 19.2. The fourth-order valence-corrected chi connectivity index (χ4v) is 4.59. The Bertz CT molecular complexity index is 1410. The summed E-state index contributed by atoms with van der Waals surface area (Å²) in [6.45, 7) is 3.49. The molecule has 8 nitrogen and oxygen atoms in total. The van der Waals surface area contributed by atoms with Crippen LogP contribution in [0.5, 0.6) is 11.5 Å². The van der Waals surface area contributed by atoms with Gasteiger partial charge in [-0.1, -0.05) is 12.1 Å². The molecule has 2 aromatic carbocycles. The van der Waals surface area contributed by atoms with E-state index >= 15 is 0 Å². The largest absolute Gasteiger partial charge is 0.456 e. The van der Waals surface area contributed by atoms with Crippen LogP contribution in [0, 0.1) is 0 Å². The molecule has 2 aliphatic rings. The van der Waals surface area contributed by atoms with Gasteiger partial charge >= 0.3 is 0 Å². The van der Waals surface area contributed by atoms with Gasteiger partial charge in [0.1, 0.15) is 17.8 Å². The summed E-state index contributed by atoms with van der Waals surface area (Å²) >= 11 is 0. The molecule has 0 unspecified atom stereocenters. The molecule has 0 radical (unpaired) electrons. The van der Waals surface area contributed by atoms with Crippen LogP contribution in [0.1, 0.15) is 16.8 Å². The van der Waals surface area contributed by atoms with Crippen LogP contribution in [0.2, 0.25) is 0 Å². The Hall–Kier alpha value is -4.17. The molecule has 8 heteroatoms. The van der Waals surface area contributed by atoms with E-state index in [0.29, 0.717) is 19.8 Å². The van der Waals surface area contributed by atoms with Crippen molar-refractivity contribution in [3.05, 3.63) is 94.3 Å². The fourth-order valence-electron chi connectivity index (χ4n) is 4.59. The minimum atomic E-state index is -0.128. The number of aromatic nitrogens is 3. The quantitative estimate of drug-likeness (QED) is 0.404. The normalized spacial score (nSPS) is 14.6. The summed E-state index contributed by atoms with van der Waals surface area (Å²) in [5.74, 6) is 1.61. The molecule has 4 heterocycles. The number of hydrogen-bond donors (Lipinski definition) is 2. The number of rotatable bonds is 5. The molecule has 1 saturated heterocycles. The number of H-pyrrole nitrogens is 1. The van der Waals surface area contributed by atoms with Crippen LogP contribution in [0.3, 0.4) is 0 Å². The molecule has 2 N–H and O–H groups in total. The van der Waals surface area contributed by atoms with Crippen LogP contribution in [0.4, 0.5) is 11.4 Å². The topological polar surface area (TPSA) is 92.4 Å². The Balaban J connectivity index is 1.27. The summed E-state index contributed by atoms with van der Waals surface area (Å²) in [7, 11) is 0. The van der Waals surface area contributed by atoms with E-state index in [0.717, 1.165) is 70.5 Å². The molecule has 2 aromatic heterocycles. The van der Waals surface area contributed by atoms with E-state index in [2.05, 4.69) is 37.3 Å². The van der Waals surface area contributed by atoms with Gasteiger partial charge in [0.05, 0.1) is 31.1 Å². The molecular weight excluding hydrogens is 442 g/mol. The van der Waals surface area contributed by atoms with Crippen LogP contribution < -0.4 is 20.5 Å². The molecule has 176 valence electrons. The third-order valence-electron chi connectivity index (χ3n) is 6.36. The summed E-state index contributed by atoms with van der Waals surface area (Å²) < 4.78 is 11.9. The maximum absolute atomic E-state index is 12.5. The number of ether oxygens (including phenoxy) is 2. The SMILES string of the molecule is O=c1cc(N2CCOCC2)cc(-c2cccc3c2Oc2ccc(NCc4ccncn4)cc2C3)[nH]1. The Morgan fingerprint density at radius 2 is 1.94 bits per heavy atom. The summed E-state index contributed by atoms with van der Waals surface area (Å²) in [6, 6.07) is 17.8. The minimum absolute atomic E-state index is 0.128. The first-order valence-corrected chi connectivity index (χ1v) is 11.7. The molecule has 1 fully saturated rings. The van der Waals surface area contributed by atoms with Crippen molar-refractivity contribution < 1.29 is 9.47 Å². The van der Waals surface area contributed by atoms with Crippen LogP contribution in [-0.4, -0.2) is 41.3 Å². The molecule has 35 heavy (non-hydrogen) atoms. The summed E-state index contributed by atoms with van der Waals surface area (Å²) in [4.78, 5) is 25.9. The molecule has 6 rings (SSSR count). The van der Waals surface area contributed by atoms with E-state index in [1.54, 1.807) is 18.6 Å². The van der Waals surface area contributed by atoms with Gasteiger partial charge in [0.15, 0.2) is 0 Å². The number of anilines is 2. The second-order valence-corrected chi connectivity index (χ2v) is 8.67. The van der Waals surface area contributed by atoms with Gasteiger partial charge in [0.2, 0.25) is 5.56 Å². The molecule has 0 atom stereocenters. The number of benzene rings is 2. The van der Waals surface area contributed by atoms with E-state index in [4.69, 9.17) is 9.47 Å². The average molecular weight is 468 g/mol. The number of hydrogen-bond acceptors (Lipinski definition) is 7. The zero-order chi connectivity index (χ0) is 23.6. The Labute approximate surface area is 202 Å². The highest BCUT2D eigenvalue weighted by atomic mass is 16.5. The van der Waals surface area contributed by atoms with Gasteiger partial charge in [0, 0.05) is 54.3 Å².